The lowest BCUT2D eigenvalue weighted by Gasteiger charge is -2.37. The second kappa shape index (κ2) is 7.25. The van der Waals surface area contributed by atoms with Gasteiger partial charge in [-0.1, -0.05) is 0 Å². The number of hydrogen-bond acceptors (Lipinski definition) is 7. The van der Waals surface area contributed by atoms with Crippen LogP contribution in [0.5, 0.6) is 0 Å². The summed E-state index contributed by atoms with van der Waals surface area (Å²) in [5, 5.41) is 13.8. The minimum absolute atomic E-state index is 0.211. The van der Waals surface area contributed by atoms with Crippen molar-refractivity contribution < 1.29 is 19.4 Å². The summed E-state index contributed by atoms with van der Waals surface area (Å²) in [4.78, 5) is 45.1. The van der Waals surface area contributed by atoms with Crippen LogP contribution in [-0.4, -0.2) is 73.0 Å². The van der Waals surface area contributed by atoms with E-state index < -0.39 is 17.6 Å². The molecule has 1 saturated heterocycles. The molecular formula is C18H23BrN6O5. The van der Waals surface area contributed by atoms with Crippen molar-refractivity contribution in [1.82, 2.24) is 24.1 Å². The number of carbonyl (C=O) groups is 2. The van der Waals surface area contributed by atoms with Crippen LogP contribution in [0.15, 0.2) is 9.53 Å². The molecule has 1 N–H and O–H groups in total. The number of carbonyl (C=O) groups excluding carboxylic acids is 1. The van der Waals surface area contributed by atoms with E-state index in [1.54, 1.807) is 9.47 Å². The van der Waals surface area contributed by atoms with Crippen molar-refractivity contribution in [1.29, 1.82) is 0 Å². The lowest BCUT2D eigenvalue weighted by atomic mass is 10.2. The normalized spacial score (nSPS) is 19.3. The van der Waals surface area contributed by atoms with Gasteiger partial charge in [-0.3, -0.25) is 9.36 Å². The Hall–Kier alpha value is -2.63. The summed E-state index contributed by atoms with van der Waals surface area (Å²) >= 11 is 3.18. The van der Waals surface area contributed by atoms with Gasteiger partial charge in [0.25, 0.3) is 5.56 Å². The van der Waals surface area contributed by atoms with Crippen LogP contribution in [0.25, 0.3) is 5.78 Å². The highest BCUT2D eigenvalue weighted by molar-refractivity contribution is 9.10. The second-order valence-electron chi connectivity index (χ2n) is 8.41. The highest BCUT2D eigenvalue weighted by atomic mass is 79.9. The molecule has 2 aromatic rings. The van der Waals surface area contributed by atoms with Crippen molar-refractivity contribution in [2.24, 2.45) is 0 Å². The number of nitrogens with zero attached hydrogens (tertiary/aromatic N) is 6. The van der Waals surface area contributed by atoms with E-state index in [9.17, 15) is 19.5 Å². The fourth-order valence-electron chi connectivity index (χ4n) is 3.99. The van der Waals surface area contributed by atoms with Crippen molar-refractivity contribution >= 4 is 39.5 Å². The lowest BCUT2D eigenvalue weighted by Crippen LogP contribution is -2.51. The largest absolute Gasteiger partial charge is 0.480 e. The molecule has 1 unspecified atom stereocenters. The number of halogens is 1. The molecule has 1 fully saturated rings. The van der Waals surface area contributed by atoms with Gasteiger partial charge in [0, 0.05) is 26.2 Å². The number of anilines is 1. The molecule has 0 radical (unpaired) electrons. The number of fused-ring (bicyclic) bond motifs is 3. The molecule has 2 aliphatic heterocycles. The van der Waals surface area contributed by atoms with Crippen molar-refractivity contribution in [2.45, 2.75) is 45.3 Å². The molecule has 0 bridgehead atoms. The number of aromatic nitrogens is 4. The molecule has 4 heterocycles. The van der Waals surface area contributed by atoms with Crippen LogP contribution in [0.4, 0.5) is 10.5 Å². The quantitative estimate of drug-likeness (QED) is 0.678. The molecule has 0 aromatic carbocycles. The van der Waals surface area contributed by atoms with E-state index in [-0.39, 0.29) is 22.2 Å². The summed E-state index contributed by atoms with van der Waals surface area (Å²) in [6.45, 7) is 7.10. The molecular weight excluding hydrogens is 460 g/mol. The van der Waals surface area contributed by atoms with Crippen molar-refractivity contribution in [3.05, 3.63) is 20.8 Å². The Morgan fingerprint density at radius 2 is 1.87 bits per heavy atom. The molecule has 0 aliphatic carbocycles. The molecule has 0 saturated carbocycles. The summed E-state index contributed by atoms with van der Waals surface area (Å²) in [6, 6.07) is -0.805. The molecule has 162 valence electrons. The topological polar surface area (TPSA) is 122 Å². The monoisotopic (exact) mass is 482 g/mol. The summed E-state index contributed by atoms with van der Waals surface area (Å²) < 4.78 is 8.38. The molecule has 11 nitrogen and oxygen atoms in total. The third kappa shape index (κ3) is 3.53. The average molecular weight is 483 g/mol. The van der Waals surface area contributed by atoms with Crippen molar-refractivity contribution in [3.63, 3.8) is 0 Å². The molecule has 1 atom stereocenters. The predicted octanol–water partition coefficient (Wildman–Crippen LogP) is 1.28. The highest BCUT2D eigenvalue weighted by Crippen LogP contribution is 2.33. The van der Waals surface area contributed by atoms with Crippen LogP contribution < -0.4 is 10.5 Å². The molecule has 2 aromatic heterocycles. The van der Waals surface area contributed by atoms with E-state index in [0.29, 0.717) is 50.4 Å². The van der Waals surface area contributed by atoms with Gasteiger partial charge in [-0.2, -0.15) is 9.50 Å². The first-order chi connectivity index (χ1) is 14.1. The molecule has 2 aliphatic rings. The summed E-state index contributed by atoms with van der Waals surface area (Å²) in [7, 11) is 0. The fraction of sp³-hybridized carbons (Fsp3) is 0.611. The third-order valence-corrected chi connectivity index (χ3v) is 5.57. The van der Waals surface area contributed by atoms with Crippen LogP contribution in [0.2, 0.25) is 0 Å². The Morgan fingerprint density at radius 1 is 1.20 bits per heavy atom. The van der Waals surface area contributed by atoms with E-state index in [1.807, 2.05) is 25.7 Å². The number of carboxylic acid groups (broad SMARTS) is 1. The Kier molecular flexibility index (Phi) is 4.99. The third-order valence-electron chi connectivity index (χ3n) is 5.24. The minimum atomic E-state index is -0.973. The molecule has 0 spiro atoms. The number of piperazine rings is 1. The minimum Gasteiger partial charge on any atom is -0.480 e. The van der Waals surface area contributed by atoms with E-state index >= 15 is 0 Å². The van der Waals surface area contributed by atoms with Crippen LogP contribution in [0.3, 0.4) is 0 Å². The molecule has 30 heavy (non-hydrogen) atoms. The zero-order chi connectivity index (χ0) is 21.8. The molecule has 4 rings (SSSR count). The maximum absolute atomic E-state index is 13.2. The van der Waals surface area contributed by atoms with Gasteiger partial charge in [0.2, 0.25) is 10.5 Å². The summed E-state index contributed by atoms with van der Waals surface area (Å²) in [6.07, 6.45) is 0.448. The van der Waals surface area contributed by atoms with Crippen molar-refractivity contribution in [2.75, 3.05) is 31.1 Å². The standard InChI is InChI=1S/C18H23BrN6O5/c1-18(2,3)30-17(29)23-8-6-22(7-9-23)12-10-4-5-11(14(27)28)24(10)16-20-15(19)21-25(16)13(12)26/h11H,4-9H2,1-3H3,(H,27,28). The number of amides is 1. The van der Waals surface area contributed by atoms with Gasteiger partial charge in [0.05, 0.1) is 5.69 Å². The summed E-state index contributed by atoms with van der Waals surface area (Å²) in [5.41, 5.74) is 0.148. The number of aliphatic carboxylic acids is 1. The second-order valence-corrected chi connectivity index (χ2v) is 9.12. The Bertz CT molecular complexity index is 1080. The van der Waals surface area contributed by atoms with Gasteiger partial charge in [0.15, 0.2) is 0 Å². The fourth-order valence-corrected chi connectivity index (χ4v) is 4.31. The van der Waals surface area contributed by atoms with Gasteiger partial charge in [-0.25, -0.2) is 9.59 Å². The highest BCUT2D eigenvalue weighted by Gasteiger charge is 2.36. The van der Waals surface area contributed by atoms with E-state index in [2.05, 4.69) is 26.0 Å². The molecule has 12 heteroatoms. The first-order valence-corrected chi connectivity index (χ1v) is 10.5. The zero-order valence-corrected chi connectivity index (χ0v) is 18.5. The van der Waals surface area contributed by atoms with Gasteiger partial charge < -0.3 is 19.6 Å². The Balaban J connectivity index is 1.68. The zero-order valence-electron chi connectivity index (χ0n) is 17.0. The predicted molar refractivity (Wildman–Crippen MR) is 110 cm³/mol. The number of rotatable bonds is 2. The van der Waals surface area contributed by atoms with Crippen molar-refractivity contribution in [3.8, 4) is 0 Å². The lowest BCUT2D eigenvalue weighted by molar-refractivity contribution is -0.140. The van der Waals surface area contributed by atoms with E-state index in [0.717, 1.165) is 4.52 Å². The van der Waals surface area contributed by atoms with Gasteiger partial charge in [-0.15, -0.1) is 5.10 Å². The van der Waals surface area contributed by atoms with Crippen LogP contribution in [0.1, 0.15) is 38.9 Å². The smallest absolute Gasteiger partial charge is 0.410 e. The average Bonchev–Trinajstić information content (AvgIpc) is 3.24. The van der Waals surface area contributed by atoms with E-state index in [1.165, 1.54) is 0 Å². The van der Waals surface area contributed by atoms with Gasteiger partial charge >= 0.3 is 12.1 Å². The number of ether oxygens (including phenoxy) is 1. The Labute approximate surface area is 180 Å². The summed E-state index contributed by atoms with van der Waals surface area (Å²) in [5.74, 6) is -0.762. The van der Waals surface area contributed by atoms with E-state index in [4.69, 9.17) is 4.74 Å². The Morgan fingerprint density at radius 3 is 2.47 bits per heavy atom. The number of carboxylic acids is 1. The van der Waals surface area contributed by atoms with Crippen LogP contribution in [0, 0.1) is 0 Å². The maximum Gasteiger partial charge on any atom is 0.410 e. The maximum atomic E-state index is 13.2. The van der Waals surface area contributed by atoms with Gasteiger partial charge in [0.1, 0.15) is 17.3 Å². The van der Waals surface area contributed by atoms with Gasteiger partial charge in [-0.05, 0) is 49.5 Å². The SMILES string of the molecule is CC(C)(C)OC(=O)N1CCN(c2c3n(c4nc(Br)nn4c2=O)C(C(=O)O)CC3)CC1. The van der Waals surface area contributed by atoms with Crippen LogP contribution in [-0.2, 0) is 16.0 Å². The first-order valence-electron chi connectivity index (χ1n) is 9.72. The van der Waals surface area contributed by atoms with Crippen LogP contribution >= 0.6 is 15.9 Å². The first kappa shape index (κ1) is 20.6. The number of hydrogen-bond donors (Lipinski definition) is 1. The molecule has 1 amide bonds.